The van der Waals surface area contributed by atoms with E-state index in [0.717, 1.165) is 23.9 Å². The first-order chi connectivity index (χ1) is 22.0. The van der Waals surface area contributed by atoms with Gasteiger partial charge in [-0.3, -0.25) is 15.0 Å². The van der Waals surface area contributed by atoms with Gasteiger partial charge < -0.3 is 14.6 Å². The molecule has 47 heavy (non-hydrogen) atoms. The Morgan fingerprint density at radius 3 is 2.38 bits per heavy atom. The molecule has 0 saturated carbocycles. The predicted molar refractivity (Wildman–Crippen MR) is 149 cm³/mol. The van der Waals surface area contributed by atoms with E-state index in [9.17, 15) is 46.0 Å². The zero-order valence-corrected chi connectivity index (χ0v) is 24.9. The number of nitrogens with zero attached hydrogens (tertiary/aromatic N) is 7. The van der Waals surface area contributed by atoms with Crippen LogP contribution in [0.3, 0.4) is 0 Å². The Labute approximate surface area is 265 Å². The number of amides is 3. The second-order valence-corrected chi connectivity index (χ2v) is 9.97. The molecule has 0 atom stereocenters. The molecule has 4 rings (SSSR count). The molecule has 0 spiro atoms. The smallest absolute Gasteiger partial charge is 0.435 e. The normalized spacial score (nSPS) is 11.5. The van der Waals surface area contributed by atoms with Crippen molar-refractivity contribution in [2.75, 3.05) is 19.5 Å². The van der Waals surface area contributed by atoms with Crippen LogP contribution in [0, 0.1) is 18.3 Å². The minimum absolute atomic E-state index is 0.0120. The van der Waals surface area contributed by atoms with Crippen LogP contribution in [0.4, 0.5) is 36.8 Å². The third-order valence-electron chi connectivity index (χ3n) is 6.30. The van der Waals surface area contributed by atoms with Crippen LogP contribution in [-0.2, 0) is 23.6 Å². The Bertz CT molecular complexity index is 1910. The van der Waals surface area contributed by atoms with Crippen molar-refractivity contribution in [3.05, 3.63) is 87.3 Å². The molecule has 0 fully saturated rings. The number of methoxy groups -OCH3 is 1. The molecule has 0 aliphatic heterocycles. The SMILES string of the molecule is COC(=O)N(C)NC(=O)c1cc(C#N)cc(C)c1NC(=O)c1cc(Cn2cnc(C(F)(F)F)c2C(F)(F)F)nn1-c1ncccc1Cl. The number of carbonyl (C=O) groups excluding carboxylic acids is 3. The van der Waals surface area contributed by atoms with Crippen molar-refractivity contribution in [2.24, 2.45) is 0 Å². The van der Waals surface area contributed by atoms with Gasteiger partial charge in [0.25, 0.3) is 11.8 Å². The summed E-state index contributed by atoms with van der Waals surface area (Å²) in [5.74, 6) is -2.14. The lowest BCUT2D eigenvalue weighted by Crippen LogP contribution is -2.43. The fraction of sp³-hybridized carbons (Fsp3) is 0.222. The first kappa shape index (κ1) is 34.2. The summed E-state index contributed by atoms with van der Waals surface area (Å²) in [6.07, 6.45) is -10.2. The topological polar surface area (TPSA) is 160 Å². The number of rotatable bonds is 6. The quantitative estimate of drug-likeness (QED) is 0.213. The van der Waals surface area contributed by atoms with E-state index in [0.29, 0.717) is 11.3 Å². The first-order valence-corrected chi connectivity index (χ1v) is 13.2. The number of carbonyl (C=O) groups is 3. The van der Waals surface area contributed by atoms with E-state index in [4.69, 9.17) is 11.6 Å². The highest BCUT2D eigenvalue weighted by Gasteiger charge is 2.47. The molecule has 20 heteroatoms. The van der Waals surface area contributed by atoms with Gasteiger partial charge in [0, 0.05) is 13.2 Å². The molecule has 3 amide bonds. The highest BCUT2D eigenvalue weighted by molar-refractivity contribution is 6.32. The second kappa shape index (κ2) is 13.0. The standard InChI is InChI=1S/C27H20ClF6N9O4/c1-13-7-14(10-35)8-16(23(44)40-41(2)25(46)47-3)19(13)38-24(45)18-9-15(39-43(18)22-17(28)5-4-6-36-22)11-42-12-37-20(26(29,30)31)21(42)27(32,33)34/h4-9,12H,11H2,1-3H3,(H,38,45)(H,40,44). The number of nitriles is 1. The van der Waals surface area contributed by atoms with Crippen molar-refractivity contribution in [1.82, 2.24) is 34.8 Å². The van der Waals surface area contributed by atoms with Crippen LogP contribution in [0.25, 0.3) is 5.82 Å². The molecular weight excluding hydrogens is 664 g/mol. The maximum Gasteiger partial charge on any atom is 0.435 e. The summed E-state index contributed by atoms with van der Waals surface area (Å²) in [5.41, 5.74) is -2.96. The van der Waals surface area contributed by atoms with Gasteiger partial charge in [-0.1, -0.05) is 11.6 Å². The maximum absolute atomic E-state index is 13.7. The van der Waals surface area contributed by atoms with Gasteiger partial charge in [0.1, 0.15) is 5.69 Å². The molecule has 0 saturated heterocycles. The van der Waals surface area contributed by atoms with E-state index in [1.54, 1.807) is 0 Å². The predicted octanol–water partition coefficient (Wildman–Crippen LogP) is 4.98. The van der Waals surface area contributed by atoms with Gasteiger partial charge >= 0.3 is 18.4 Å². The molecule has 0 unspecified atom stereocenters. The van der Waals surface area contributed by atoms with Crippen LogP contribution >= 0.6 is 11.6 Å². The fourth-order valence-corrected chi connectivity index (χ4v) is 4.52. The summed E-state index contributed by atoms with van der Waals surface area (Å²) in [6.45, 7) is 0.532. The van der Waals surface area contributed by atoms with Gasteiger partial charge in [-0.25, -0.2) is 24.5 Å². The minimum atomic E-state index is -5.46. The summed E-state index contributed by atoms with van der Waals surface area (Å²) in [5, 5.41) is 16.7. The van der Waals surface area contributed by atoms with Crippen LogP contribution in [0.1, 0.15) is 49.1 Å². The van der Waals surface area contributed by atoms with Gasteiger partial charge in [-0.2, -0.15) is 36.7 Å². The van der Waals surface area contributed by atoms with E-state index in [2.05, 4.69) is 30.5 Å². The Morgan fingerprint density at radius 1 is 1.09 bits per heavy atom. The lowest BCUT2D eigenvalue weighted by atomic mass is 10.0. The molecule has 3 aromatic heterocycles. The molecule has 3 heterocycles. The number of benzene rings is 1. The Morgan fingerprint density at radius 2 is 1.79 bits per heavy atom. The second-order valence-electron chi connectivity index (χ2n) is 9.56. The van der Waals surface area contributed by atoms with Crippen LogP contribution < -0.4 is 10.7 Å². The summed E-state index contributed by atoms with van der Waals surface area (Å²) in [7, 11) is 2.23. The van der Waals surface area contributed by atoms with Crippen molar-refractivity contribution in [1.29, 1.82) is 5.26 Å². The summed E-state index contributed by atoms with van der Waals surface area (Å²) < 4.78 is 86.7. The van der Waals surface area contributed by atoms with Gasteiger partial charge in [-0.15, -0.1) is 0 Å². The van der Waals surface area contributed by atoms with Crippen molar-refractivity contribution in [3.8, 4) is 11.9 Å². The summed E-state index contributed by atoms with van der Waals surface area (Å²) in [4.78, 5) is 45.6. The highest BCUT2D eigenvalue weighted by Crippen LogP contribution is 2.39. The number of pyridine rings is 1. The van der Waals surface area contributed by atoms with Crippen molar-refractivity contribution >= 4 is 35.2 Å². The van der Waals surface area contributed by atoms with Gasteiger partial charge in [0.2, 0.25) is 0 Å². The van der Waals surface area contributed by atoms with Crippen molar-refractivity contribution in [2.45, 2.75) is 25.8 Å². The summed E-state index contributed by atoms with van der Waals surface area (Å²) in [6, 6.07) is 8.11. The average Bonchev–Trinajstić information content (AvgIpc) is 3.62. The number of aromatic nitrogens is 5. The van der Waals surface area contributed by atoms with E-state index >= 15 is 0 Å². The molecular formula is C27H20ClF6N9O4. The van der Waals surface area contributed by atoms with E-state index < -0.39 is 53.9 Å². The van der Waals surface area contributed by atoms with Gasteiger partial charge in [0.15, 0.2) is 17.2 Å². The first-order valence-electron chi connectivity index (χ1n) is 12.8. The van der Waals surface area contributed by atoms with Crippen molar-refractivity contribution in [3.63, 3.8) is 0 Å². The lowest BCUT2D eigenvalue weighted by molar-refractivity contribution is -0.167. The number of imidazole rings is 1. The van der Waals surface area contributed by atoms with E-state index in [1.165, 1.54) is 38.4 Å². The Balaban J connectivity index is 1.80. The molecule has 0 radical (unpaired) electrons. The number of hydrogen-bond donors (Lipinski definition) is 2. The van der Waals surface area contributed by atoms with Crippen LogP contribution in [-0.4, -0.2) is 61.4 Å². The third kappa shape index (κ3) is 7.27. The molecule has 0 aliphatic rings. The number of alkyl halides is 6. The fourth-order valence-electron chi connectivity index (χ4n) is 4.31. The van der Waals surface area contributed by atoms with Crippen LogP contribution in [0.15, 0.2) is 42.9 Å². The number of aryl methyl sites for hydroxylation is 1. The zero-order valence-electron chi connectivity index (χ0n) is 24.2. The lowest BCUT2D eigenvalue weighted by Gasteiger charge is -2.19. The molecule has 13 nitrogen and oxygen atoms in total. The number of halogens is 7. The van der Waals surface area contributed by atoms with Crippen LogP contribution in [0.5, 0.6) is 0 Å². The minimum Gasteiger partial charge on any atom is -0.452 e. The van der Waals surface area contributed by atoms with Crippen LogP contribution in [0.2, 0.25) is 5.02 Å². The molecule has 1 aromatic carbocycles. The maximum atomic E-state index is 13.7. The molecule has 4 aromatic rings. The molecule has 0 aliphatic carbocycles. The van der Waals surface area contributed by atoms with Crippen molar-refractivity contribution < 1.29 is 45.5 Å². The average molecular weight is 684 g/mol. The Kier molecular flexibility index (Phi) is 9.47. The number of ether oxygens (including phenoxy) is 1. The number of anilines is 1. The number of hydrazine groups is 1. The van der Waals surface area contributed by atoms with Gasteiger partial charge in [0.05, 0.1) is 53.6 Å². The number of nitrogens with one attached hydrogen (secondary N) is 2. The summed E-state index contributed by atoms with van der Waals surface area (Å²) >= 11 is 6.25. The molecule has 2 N–H and O–H groups in total. The monoisotopic (exact) mass is 683 g/mol. The third-order valence-corrected chi connectivity index (χ3v) is 6.60. The van der Waals surface area contributed by atoms with E-state index in [1.807, 2.05) is 6.07 Å². The zero-order chi connectivity index (χ0) is 34.8. The number of hydrogen-bond acceptors (Lipinski definition) is 8. The largest absolute Gasteiger partial charge is 0.452 e. The molecule has 246 valence electrons. The Hall–Kier alpha value is -5.64. The highest BCUT2D eigenvalue weighted by atomic mass is 35.5. The van der Waals surface area contributed by atoms with Gasteiger partial charge in [-0.05, 0) is 42.8 Å². The van der Waals surface area contributed by atoms with E-state index in [-0.39, 0.29) is 43.5 Å². The molecule has 0 bridgehead atoms.